The van der Waals surface area contributed by atoms with E-state index in [2.05, 4.69) is 40.3 Å². The van der Waals surface area contributed by atoms with Crippen molar-refractivity contribution in [2.75, 3.05) is 0 Å². The fraction of sp³-hybridized carbons (Fsp3) is 0.818. The first kappa shape index (κ1) is 16.3. The van der Waals surface area contributed by atoms with E-state index in [4.69, 9.17) is 0 Å². The molecule has 3 aliphatic rings. The predicted molar refractivity (Wildman–Crippen MR) is 96.8 cm³/mol. The molecule has 0 saturated heterocycles. The zero-order chi connectivity index (χ0) is 16.0. The molecule has 0 aliphatic heterocycles. The molecule has 0 heteroatoms. The Morgan fingerprint density at radius 2 is 2.00 bits per heavy atom. The molecule has 0 radical (unpaired) electrons. The summed E-state index contributed by atoms with van der Waals surface area (Å²) in [6.45, 7) is 13.8. The summed E-state index contributed by atoms with van der Waals surface area (Å²) in [6, 6.07) is 0. The Morgan fingerprint density at radius 1 is 1.32 bits per heavy atom. The maximum Gasteiger partial charge on any atom is 0.0185 e. The minimum atomic E-state index is 0.622. The zero-order valence-electron chi connectivity index (χ0n) is 15.4. The van der Waals surface area contributed by atoms with Crippen molar-refractivity contribution in [1.82, 2.24) is 0 Å². The van der Waals surface area contributed by atoms with E-state index in [1.165, 1.54) is 63.4 Å². The number of hydrogen-bond acceptors (Lipinski definition) is 0. The van der Waals surface area contributed by atoms with Gasteiger partial charge in [-0.25, -0.2) is 0 Å². The van der Waals surface area contributed by atoms with Gasteiger partial charge in [0.15, 0.2) is 0 Å². The first-order valence-electron chi connectivity index (χ1n) is 9.73. The molecule has 0 aromatic rings. The Labute approximate surface area is 138 Å². The van der Waals surface area contributed by atoms with Crippen LogP contribution < -0.4 is 0 Å². The van der Waals surface area contributed by atoms with Crippen molar-refractivity contribution in [2.24, 2.45) is 28.6 Å². The average molecular weight is 301 g/mol. The molecule has 0 nitrogen and oxygen atoms in total. The van der Waals surface area contributed by atoms with Gasteiger partial charge in [0, 0.05) is 5.92 Å². The lowest BCUT2D eigenvalue weighted by Gasteiger charge is -2.60. The molecule has 3 aliphatic carbocycles. The van der Waals surface area contributed by atoms with E-state index >= 15 is 0 Å². The van der Waals surface area contributed by atoms with Crippen molar-refractivity contribution in [3.63, 3.8) is 0 Å². The fourth-order valence-corrected chi connectivity index (χ4v) is 5.84. The monoisotopic (exact) mass is 300 g/mol. The van der Waals surface area contributed by atoms with Crippen LogP contribution >= 0.6 is 0 Å². The van der Waals surface area contributed by atoms with Crippen molar-refractivity contribution in [1.29, 1.82) is 0 Å². The molecule has 0 spiro atoms. The first-order valence-corrected chi connectivity index (χ1v) is 9.73. The van der Waals surface area contributed by atoms with Gasteiger partial charge in [0.1, 0.15) is 0 Å². The van der Waals surface area contributed by atoms with E-state index in [9.17, 15) is 0 Å². The van der Waals surface area contributed by atoms with Gasteiger partial charge in [0.25, 0.3) is 0 Å². The van der Waals surface area contributed by atoms with Crippen molar-refractivity contribution in [2.45, 2.75) is 85.5 Å². The largest absolute Gasteiger partial charge is 0.0992 e. The van der Waals surface area contributed by atoms with Gasteiger partial charge in [-0.15, -0.1) is 0 Å². The van der Waals surface area contributed by atoms with Crippen LogP contribution in [0.3, 0.4) is 0 Å². The molecule has 0 aromatic heterocycles. The third-order valence-electron chi connectivity index (χ3n) is 7.07. The van der Waals surface area contributed by atoms with Crippen molar-refractivity contribution in [3.8, 4) is 0 Å². The van der Waals surface area contributed by atoms with Gasteiger partial charge < -0.3 is 0 Å². The van der Waals surface area contributed by atoms with Gasteiger partial charge in [-0.1, -0.05) is 76.7 Å². The molecule has 0 N–H and O–H groups in total. The maximum absolute atomic E-state index is 4.15. The minimum absolute atomic E-state index is 0.622. The highest BCUT2D eigenvalue weighted by atomic mass is 14.6. The Bertz CT molecular complexity index is 456. The van der Waals surface area contributed by atoms with Gasteiger partial charge >= 0.3 is 0 Å². The summed E-state index contributed by atoms with van der Waals surface area (Å²) in [7, 11) is 0. The van der Waals surface area contributed by atoms with Crippen molar-refractivity contribution in [3.05, 3.63) is 23.8 Å². The van der Waals surface area contributed by atoms with Gasteiger partial charge in [-0.3, -0.25) is 0 Å². The number of unbranched alkanes of at least 4 members (excludes halogenated alkanes) is 1. The van der Waals surface area contributed by atoms with Crippen LogP contribution in [0.25, 0.3) is 0 Å². The van der Waals surface area contributed by atoms with E-state index in [-0.39, 0.29) is 0 Å². The summed E-state index contributed by atoms with van der Waals surface area (Å²) in [5.74, 6) is 2.64. The molecule has 0 amide bonds. The topological polar surface area (TPSA) is 0 Å². The molecular weight excluding hydrogens is 264 g/mol. The van der Waals surface area contributed by atoms with Gasteiger partial charge in [-0.2, -0.15) is 0 Å². The molecule has 0 heterocycles. The van der Waals surface area contributed by atoms with Gasteiger partial charge in [0.2, 0.25) is 0 Å². The summed E-state index contributed by atoms with van der Waals surface area (Å²) in [5, 5.41) is 0. The number of allylic oxidation sites excluding steroid dienone is 3. The summed E-state index contributed by atoms with van der Waals surface area (Å²) >= 11 is 0. The standard InChI is InChI=1S/C22H36/c1-6-7-11-21(4)14-22(5,15-21)20(17-9-8-10-17)13-18-12-19(18)16(2)3/h12,17,19-20H,2,6-11,13-15H2,1,3-5H3. The Kier molecular flexibility index (Phi) is 4.34. The highest BCUT2D eigenvalue weighted by Crippen LogP contribution is 2.65. The molecule has 2 fully saturated rings. The van der Waals surface area contributed by atoms with Crippen LogP contribution in [0.5, 0.6) is 0 Å². The second-order valence-corrected chi connectivity index (χ2v) is 9.49. The minimum Gasteiger partial charge on any atom is -0.0992 e. The molecule has 2 saturated carbocycles. The Hall–Kier alpha value is -0.520. The van der Waals surface area contributed by atoms with Gasteiger partial charge in [-0.05, 0) is 55.3 Å². The quantitative estimate of drug-likeness (QED) is 0.427. The van der Waals surface area contributed by atoms with Crippen LogP contribution in [-0.2, 0) is 0 Å². The Balaban J connectivity index is 1.61. The normalized spacial score (nSPS) is 38.7. The fourth-order valence-electron chi connectivity index (χ4n) is 5.84. The van der Waals surface area contributed by atoms with E-state index in [1.54, 1.807) is 5.57 Å². The molecule has 2 atom stereocenters. The van der Waals surface area contributed by atoms with Crippen LogP contribution in [0.15, 0.2) is 23.8 Å². The third-order valence-corrected chi connectivity index (χ3v) is 7.07. The molecule has 0 aromatic carbocycles. The predicted octanol–water partition coefficient (Wildman–Crippen LogP) is 6.92. The van der Waals surface area contributed by atoms with Crippen LogP contribution in [0.1, 0.15) is 85.5 Å². The Morgan fingerprint density at radius 3 is 2.45 bits per heavy atom. The molecule has 3 rings (SSSR count). The molecule has 2 unspecified atom stereocenters. The van der Waals surface area contributed by atoms with E-state index in [0.29, 0.717) is 16.7 Å². The zero-order valence-corrected chi connectivity index (χ0v) is 15.4. The molecule has 124 valence electrons. The van der Waals surface area contributed by atoms with Crippen molar-refractivity contribution < 1.29 is 0 Å². The second kappa shape index (κ2) is 5.84. The van der Waals surface area contributed by atoms with Gasteiger partial charge in [0.05, 0.1) is 0 Å². The number of hydrogen-bond donors (Lipinski definition) is 0. The summed E-state index contributed by atoms with van der Waals surface area (Å²) in [5.41, 5.74) is 4.34. The summed E-state index contributed by atoms with van der Waals surface area (Å²) in [6.07, 6.45) is 15.5. The van der Waals surface area contributed by atoms with Crippen LogP contribution in [0.2, 0.25) is 0 Å². The maximum atomic E-state index is 4.15. The average Bonchev–Trinajstić information content (AvgIpc) is 3.11. The lowest BCUT2D eigenvalue weighted by molar-refractivity contribution is -0.0934. The molecular formula is C22H36. The lowest BCUT2D eigenvalue weighted by Crippen LogP contribution is -2.50. The van der Waals surface area contributed by atoms with Crippen molar-refractivity contribution >= 4 is 0 Å². The highest BCUT2D eigenvalue weighted by Gasteiger charge is 2.54. The first-order chi connectivity index (χ1) is 10.4. The van der Waals surface area contributed by atoms with E-state index in [0.717, 1.165) is 11.8 Å². The van der Waals surface area contributed by atoms with E-state index in [1.807, 2.05) is 0 Å². The molecule has 0 bridgehead atoms. The highest BCUT2D eigenvalue weighted by molar-refractivity contribution is 5.39. The van der Waals surface area contributed by atoms with Crippen LogP contribution in [-0.4, -0.2) is 0 Å². The third kappa shape index (κ3) is 3.08. The molecule has 22 heavy (non-hydrogen) atoms. The summed E-state index contributed by atoms with van der Waals surface area (Å²) < 4.78 is 0. The number of rotatable bonds is 8. The van der Waals surface area contributed by atoms with Crippen LogP contribution in [0.4, 0.5) is 0 Å². The smallest absolute Gasteiger partial charge is 0.0185 e. The van der Waals surface area contributed by atoms with Crippen LogP contribution in [0, 0.1) is 28.6 Å². The lowest BCUT2D eigenvalue weighted by atomic mass is 9.45. The second-order valence-electron chi connectivity index (χ2n) is 9.49. The summed E-state index contributed by atoms with van der Waals surface area (Å²) in [4.78, 5) is 0. The van der Waals surface area contributed by atoms with E-state index < -0.39 is 0 Å². The SMILES string of the molecule is C=C(C)C1C=C1CC(C1CCC1)C1(C)CC(C)(CCCC)C1.